The smallest absolute Gasteiger partial charge is 0.137 e. The molecule has 2 nitrogen and oxygen atoms in total. The van der Waals surface area contributed by atoms with Crippen molar-refractivity contribution in [2.75, 3.05) is 6.61 Å². The van der Waals surface area contributed by atoms with E-state index in [9.17, 15) is 4.39 Å². The Morgan fingerprint density at radius 1 is 1.41 bits per heavy atom. The third-order valence-electron chi connectivity index (χ3n) is 3.94. The molecule has 17 heavy (non-hydrogen) atoms. The lowest BCUT2D eigenvalue weighted by Gasteiger charge is -2.33. The summed E-state index contributed by atoms with van der Waals surface area (Å²) in [6.45, 7) is 0.720. The number of fused-ring (bicyclic) bond motifs is 1. The molecule has 1 saturated carbocycles. The topological polar surface area (TPSA) is 35.2 Å². The maximum absolute atomic E-state index is 14.9. The van der Waals surface area contributed by atoms with Crippen LogP contribution in [0, 0.1) is 0 Å². The standard InChI is InChI=1S/C14H18FNO/c15-14(6-1-2-12(16)9-14)11-3-4-13-10(8-11)5-7-17-13/h3-4,8,12H,1-2,5-7,9,16H2. The maximum Gasteiger partial charge on any atom is 0.137 e. The van der Waals surface area contributed by atoms with Gasteiger partial charge in [0.1, 0.15) is 11.4 Å². The Balaban J connectivity index is 1.92. The fourth-order valence-electron chi connectivity index (χ4n) is 2.99. The van der Waals surface area contributed by atoms with Crippen LogP contribution in [0.15, 0.2) is 18.2 Å². The second-order valence-corrected chi connectivity index (χ2v) is 5.24. The van der Waals surface area contributed by atoms with Gasteiger partial charge in [0.25, 0.3) is 0 Å². The molecule has 0 amide bonds. The number of alkyl halides is 1. The zero-order valence-corrected chi connectivity index (χ0v) is 9.92. The molecule has 1 aliphatic carbocycles. The largest absolute Gasteiger partial charge is 0.493 e. The van der Waals surface area contributed by atoms with Gasteiger partial charge < -0.3 is 10.5 Å². The number of rotatable bonds is 1. The van der Waals surface area contributed by atoms with Gasteiger partial charge >= 0.3 is 0 Å². The molecule has 92 valence electrons. The molecule has 0 radical (unpaired) electrons. The lowest BCUT2D eigenvalue weighted by molar-refractivity contribution is 0.0947. The lowest BCUT2D eigenvalue weighted by atomic mass is 9.78. The number of hydrogen-bond acceptors (Lipinski definition) is 2. The Kier molecular flexibility index (Phi) is 2.58. The quantitative estimate of drug-likeness (QED) is 0.812. The summed E-state index contributed by atoms with van der Waals surface area (Å²) in [5.41, 5.74) is 6.60. The van der Waals surface area contributed by atoms with E-state index in [1.54, 1.807) is 0 Å². The van der Waals surface area contributed by atoms with Crippen LogP contribution in [0.1, 0.15) is 36.8 Å². The SMILES string of the molecule is NC1CCCC(F)(c2ccc3c(c2)CCO3)C1. The number of halogens is 1. The molecule has 1 heterocycles. The minimum Gasteiger partial charge on any atom is -0.493 e. The van der Waals surface area contributed by atoms with E-state index in [0.29, 0.717) is 12.8 Å². The zero-order chi connectivity index (χ0) is 11.9. The monoisotopic (exact) mass is 235 g/mol. The molecule has 1 aliphatic heterocycles. The van der Waals surface area contributed by atoms with Gasteiger partial charge in [-0.1, -0.05) is 6.07 Å². The van der Waals surface area contributed by atoms with Crippen molar-refractivity contribution in [1.82, 2.24) is 0 Å². The molecule has 0 aromatic heterocycles. The van der Waals surface area contributed by atoms with E-state index in [2.05, 4.69) is 0 Å². The van der Waals surface area contributed by atoms with Gasteiger partial charge in [0.05, 0.1) is 6.61 Å². The molecular formula is C14H18FNO. The van der Waals surface area contributed by atoms with Crippen molar-refractivity contribution in [3.05, 3.63) is 29.3 Å². The van der Waals surface area contributed by atoms with Crippen LogP contribution in [-0.2, 0) is 12.1 Å². The van der Waals surface area contributed by atoms with E-state index >= 15 is 0 Å². The van der Waals surface area contributed by atoms with Crippen molar-refractivity contribution in [2.24, 2.45) is 5.73 Å². The first-order valence-electron chi connectivity index (χ1n) is 6.38. The molecule has 3 rings (SSSR count). The molecule has 0 bridgehead atoms. The van der Waals surface area contributed by atoms with Crippen LogP contribution in [0.25, 0.3) is 0 Å². The normalized spacial score (nSPS) is 32.0. The first-order chi connectivity index (χ1) is 8.17. The van der Waals surface area contributed by atoms with Crippen LogP contribution < -0.4 is 10.5 Å². The third-order valence-corrected chi connectivity index (χ3v) is 3.94. The fraction of sp³-hybridized carbons (Fsp3) is 0.571. The molecule has 2 aliphatic rings. The Morgan fingerprint density at radius 3 is 3.12 bits per heavy atom. The van der Waals surface area contributed by atoms with Gasteiger partial charge in [-0.2, -0.15) is 0 Å². The molecule has 1 aromatic carbocycles. The van der Waals surface area contributed by atoms with Crippen LogP contribution in [0.5, 0.6) is 5.75 Å². The Labute approximate surface area is 101 Å². The first-order valence-corrected chi connectivity index (χ1v) is 6.38. The van der Waals surface area contributed by atoms with E-state index < -0.39 is 5.67 Å². The van der Waals surface area contributed by atoms with Crippen LogP contribution in [0.3, 0.4) is 0 Å². The average Bonchev–Trinajstić information content (AvgIpc) is 2.75. The summed E-state index contributed by atoms with van der Waals surface area (Å²) >= 11 is 0. The van der Waals surface area contributed by atoms with E-state index in [0.717, 1.165) is 42.7 Å². The minimum absolute atomic E-state index is 0.00162. The molecule has 0 spiro atoms. The van der Waals surface area contributed by atoms with Crippen LogP contribution in [-0.4, -0.2) is 12.6 Å². The maximum atomic E-state index is 14.9. The van der Waals surface area contributed by atoms with Crippen LogP contribution >= 0.6 is 0 Å². The molecule has 2 N–H and O–H groups in total. The van der Waals surface area contributed by atoms with Crippen molar-refractivity contribution < 1.29 is 9.13 Å². The highest BCUT2D eigenvalue weighted by molar-refractivity contribution is 5.41. The van der Waals surface area contributed by atoms with Crippen molar-refractivity contribution in [3.8, 4) is 5.75 Å². The van der Waals surface area contributed by atoms with E-state index in [1.807, 2.05) is 18.2 Å². The highest BCUT2D eigenvalue weighted by Crippen LogP contribution is 2.42. The summed E-state index contributed by atoms with van der Waals surface area (Å²) in [7, 11) is 0. The van der Waals surface area contributed by atoms with Crippen molar-refractivity contribution in [3.63, 3.8) is 0 Å². The van der Waals surface area contributed by atoms with Gasteiger partial charge in [-0.25, -0.2) is 4.39 Å². The summed E-state index contributed by atoms with van der Waals surface area (Å²) in [6.07, 6.45) is 3.77. The predicted molar refractivity (Wildman–Crippen MR) is 64.9 cm³/mol. The summed E-state index contributed by atoms with van der Waals surface area (Å²) < 4.78 is 20.4. The van der Waals surface area contributed by atoms with Gasteiger partial charge in [-0.15, -0.1) is 0 Å². The molecule has 1 fully saturated rings. The Bertz CT molecular complexity index is 434. The van der Waals surface area contributed by atoms with Crippen LogP contribution in [0.2, 0.25) is 0 Å². The molecule has 3 heteroatoms. The fourth-order valence-corrected chi connectivity index (χ4v) is 2.99. The molecule has 1 aromatic rings. The third kappa shape index (κ3) is 1.93. The van der Waals surface area contributed by atoms with E-state index in [4.69, 9.17) is 10.5 Å². The summed E-state index contributed by atoms with van der Waals surface area (Å²) in [6, 6.07) is 5.74. The number of ether oxygens (including phenoxy) is 1. The van der Waals surface area contributed by atoms with E-state index in [1.165, 1.54) is 0 Å². The molecular weight excluding hydrogens is 217 g/mol. The minimum atomic E-state index is -1.23. The van der Waals surface area contributed by atoms with Gasteiger partial charge in [0.2, 0.25) is 0 Å². The van der Waals surface area contributed by atoms with E-state index in [-0.39, 0.29) is 6.04 Å². The summed E-state index contributed by atoms with van der Waals surface area (Å²) in [4.78, 5) is 0. The second-order valence-electron chi connectivity index (χ2n) is 5.24. The highest BCUT2D eigenvalue weighted by Gasteiger charge is 2.37. The molecule has 0 saturated heterocycles. The first kappa shape index (κ1) is 11.0. The molecule has 2 atom stereocenters. The van der Waals surface area contributed by atoms with Crippen molar-refractivity contribution >= 4 is 0 Å². The zero-order valence-electron chi connectivity index (χ0n) is 9.92. The second kappa shape index (κ2) is 3.98. The highest BCUT2D eigenvalue weighted by atomic mass is 19.1. The van der Waals surface area contributed by atoms with Gasteiger partial charge in [-0.05, 0) is 42.5 Å². The Morgan fingerprint density at radius 2 is 2.29 bits per heavy atom. The average molecular weight is 235 g/mol. The number of benzene rings is 1. The van der Waals surface area contributed by atoms with Crippen molar-refractivity contribution in [2.45, 2.75) is 43.8 Å². The van der Waals surface area contributed by atoms with Gasteiger partial charge in [0.15, 0.2) is 0 Å². The summed E-state index contributed by atoms with van der Waals surface area (Å²) in [5.74, 6) is 0.914. The Hall–Kier alpha value is -1.09. The lowest BCUT2D eigenvalue weighted by Crippen LogP contribution is -2.36. The number of hydrogen-bond donors (Lipinski definition) is 1. The van der Waals surface area contributed by atoms with Gasteiger partial charge in [0, 0.05) is 18.9 Å². The number of nitrogens with two attached hydrogens (primary N) is 1. The van der Waals surface area contributed by atoms with Crippen molar-refractivity contribution in [1.29, 1.82) is 0 Å². The molecule has 2 unspecified atom stereocenters. The van der Waals surface area contributed by atoms with Gasteiger partial charge in [-0.3, -0.25) is 0 Å². The summed E-state index contributed by atoms with van der Waals surface area (Å²) in [5, 5.41) is 0. The van der Waals surface area contributed by atoms with Crippen LogP contribution in [0.4, 0.5) is 4.39 Å². The predicted octanol–water partition coefficient (Wildman–Crippen LogP) is 2.69.